The highest BCUT2D eigenvalue weighted by molar-refractivity contribution is 5.87. The fraction of sp³-hybridized carbons (Fsp3) is 0.152. The Morgan fingerprint density at radius 2 is 1.31 bits per heavy atom. The van der Waals surface area contributed by atoms with Gasteiger partial charge in [-0.25, -0.2) is 0 Å². The third-order valence-electron chi connectivity index (χ3n) is 6.33. The molecule has 0 spiro atoms. The van der Waals surface area contributed by atoms with E-state index in [-0.39, 0.29) is 12.4 Å². The largest absolute Gasteiger partial charge is 0.326 e. The summed E-state index contributed by atoms with van der Waals surface area (Å²) in [5.74, 6) is 0. The lowest BCUT2D eigenvalue weighted by Gasteiger charge is -2.16. The molecule has 2 N–H and O–H groups in total. The third-order valence-corrected chi connectivity index (χ3v) is 6.33. The molecule has 2 nitrogen and oxygen atoms in total. The fourth-order valence-electron chi connectivity index (χ4n) is 4.43. The molecule has 0 heterocycles. The average molecular weight is 495 g/mol. The van der Waals surface area contributed by atoms with Gasteiger partial charge in [-0.3, -0.25) is 4.90 Å². The predicted octanol–water partition coefficient (Wildman–Crippen LogP) is 8.01. The molecular weight excluding hydrogens is 460 g/mol. The van der Waals surface area contributed by atoms with E-state index in [0.29, 0.717) is 6.54 Å². The van der Waals surface area contributed by atoms with Gasteiger partial charge in [0.2, 0.25) is 0 Å². The van der Waals surface area contributed by atoms with Gasteiger partial charge in [0.25, 0.3) is 0 Å². The van der Waals surface area contributed by atoms with E-state index >= 15 is 0 Å². The van der Waals surface area contributed by atoms with Gasteiger partial charge < -0.3 is 5.73 Å². The first-order chi connectivity index (χ1) is 17.2. The van der Waals surface area contributed by atoms with Crippen LogP contribution in [0.1, 0.15) is 22.3 Å². The molecule has 5 rings (SSSR count). The standard InChI is InChI=1S/C21H21N.C12H13N.ClH/c1-22(16-8-11-18-9-3-2-4-10-18)17-20-14-7-13-19-12-5-6-15-21(19)20;1-9-6-7-10-4-2-3-5-11(10)12(9)8-13;/h2-15H,16-17H2,1H3;2-7H,8,13H2,1H3;1H/b11-8+;;. The van der Waals surface area contributed by atoms with Crippen LogP contribution in [0.4, 0.5) is 0 Å². The Hall–Kier alpha value is -3.43. The maximum absolute atomic E-state index is 5.72. The van der Waals surface area contributed by atoms with Gasteiger partial charge in [-0.15, -0.1) is 12.4 Å². The molecule has 36 heavy (non-hydrogen) atoms. The van der Waals surface area contributed by atoms with Crippen molar-refractivity contribution in [3.63, 3.8) is 0 Å². The van der Waals surface area contributed by atoms with E-state index in [0.717, 1.165) is 13.1 Å². The summed E-state index contributed by atoms with van der Waals surface area (Å²) in [5, 5.41) is 5.22. The minimum absolute atomic E-state index is 0. The zero-order valence-electron chi connectivity index (χ0n) is 21.1. The number of likely N-dealkylation sites (N-methyl/N-ethyl adjacent to an activating group) is 1. The molecule has 0 saturated carbocycles. The third kappa shape index (κ3) is 7.05. The van der Waals surface area contributed by atoms with E-state index in [1.54, 1.807) is 0 Å². The molecule has 0 fully saturated rings. The second kappa shape index (κ2) is 13.6. The van der Waals surface area contributed by atoms with Crippen molar-refractivity contribution in [1.29, 1.82) is 0 Å². The zero-order chi connectivity index (χ0) is 24.5. The smallest absolute Gasteiger partial charge is 0.0240 e. The van der Waals surface area contributed by atoms with Crippen LogP contribution in [-0.2, 0) is 13.1 Å². The van der Waals surface area contributed by atoms with Gasteiger partial charge in [0, 0.05) is 19.6 Å². The summed E-state index contributed by atoms with van der Waals surface area (Å²) in [5.41, 5.74) is 10.9. The minimum atomic E-state index is 0. The first-order valence-electron chi connectivity index (χ1n) is 12.2. The second-order valence-corrected chi connectivity index (χ2v) is 8.93. The van der Waals surface area contributed by atoms with Gasteiger partial charge in [0.05, 0.1) is 0 Å². The summed E-state index contributed by atoms with van der Waals surface area (Å²) in [6.45, 7) is 4.63. The number of rotatable bonds is 6. The molecular formula is C33H35ClN2. The molecule has 0 unspecified atom stereocenters. The molecule has 0 aliphatic carbocycles. The van der Waals surface area contributed by atoms with E-state index in [4.69, 9.17) is 5.73 Å². The summed E-state index contributed by atoms with van der Waals surface area (Å²) >= 11 is 0. The summed E-state index contributed by atoms with van der Waals surface area (Å²) in [6.07, 6.45) is 4.40. The molecule has 3 heteroatoms. The quantitative estimate of drug-likeness (QED) is 0.259. The number of halogens is 1. The van der Waals surface area contributed by atoms with Crippen molar-refractivity contribution >= 4 is 40.0 Å². The van der Waals surface area contributed by atoms with Crippen molar-refractivity contribution < 1.29 is 0 Å². The molecule has 0 aliphatic rings. The van der Waals surface area contributed by atoms with Crippen molar-refractivity contribution in [3.05, 3.63) is 138 Å². The van der Waals surface area contributed by atoms with Gasteiger partial charge in [0.15, 0.2) is 0 Å². The van der Waals surface area contributed by atoms with Crippen molar-refractivity contribution in [1.82, 2.24) is 4.90 Å². The Bertz CT molecular complexity index is 1400. The van der Waals surface area contributed by atoms with Crippen molar-refractivity contribution in [2.75, 3.05) is 13.6 Å². The number of nitrogens with two attached hydrogens (primary N) is 1. The molecule has 5 aromatic rings. The van der Waals surface area contributed by atoms with Crippen LogP contribution in [0.3, 0.4) is 0 Å². The predicted molar refractivity (Wildman–Crippen MR) is 160 cm³/mol. The second-order valence-electron chi connectivity index (χ2n) is 8.93. The minimum Gasteiger partial charge on any atom is -0.326 e. The topological polar surface area (TPSA) is 29.3 Å². The Morgan fingerprint density at radius 3 is 2.03 bits per heavy atom. The van der Waals surface area contributed by atoms with Crippen molar-refractivity contribution in [2.45, 2.75) is 20.0 Å². The lowest BCUT2D eigenvalue weighted by atomic mass is 10.00. The van der Waals surface area contributed by atoms with Crippen LogP contribution in [0, 0.1) is 6.92 Å². The highest BCUT2D eigenvalue weighted by Crippen LogP contribution is 2.21. The number of fused-ring (bicyclic) bond motifs is 2. The summed E-state index contributed by atoms with van der Waals surface area (Å²) in [4.78, 5) is 2.33. The van der Waals surface area contributed by atoms with E-state index in [2.05, 4.69) is 134 Å². The van der Waals surface area contributed by atoms with Crippen LogP contribution in [0.15, 0.2) is 115 Å². The van der Waals surface area contributed by atoms with E-state index < -0.39 is 0 Å². The Labute approximate surface area is 221 Å². The highest BCUT2D eigenvalue weighted by Gasteiger charge is 2.03. The van der Waals surface area contributed by atoms with E-state index in [1.165, 1.54) is 43.8 Å². The molecule has 0 amide bonds. The van der Waals surface area contributed by atoms with Gasteiger partial charge in [-0.05, 0) is 57.8 Å². The van der Waals surface area contributed by atoms with Crippen molar-refractivity contribution in [2.24, 2.45) is 5.73 Å². The van der Waals surface area contributed by atoms with E-state index in [1.807, 2.05) is 6.07 Å². The van der Waals surface area contributed by atoms with Gasteiger partial charge >= 0.3 is 0 Å². The van der Waals surface area contributed by atoms with Gasteiger partial charge in [0.1, 0.15) is 0 Å². The van der Waals surface area contributed by atoms with Crippen LogP contribution in [-0.4, -0.2) is 18.5 Å². The molecule has 184 valence electrons. The van der Waals surface area contributed by atoms with Crippen LogP contribution < -0.4 is 5.73 Å². The lowest BCUT2D eigenvalue weighted by Crippen LogP contribution is -2.17. The average Bonchev–Trinajstić information content (AvgIpc) is 2.90. The SMILES string of the molecule is CN(C/C=C/c1ccccc1)Cc1cccc2ccccc12.Cc1ccc2ccccc2c1CN.Cl. The normalized spacial score (nSPS) is 10.9. The van der Waals surface area contributed by atoms with Crippen LogP contribution >= 0.6 is 12.4 Å². The molecule has 0 atom stereocenters. The fourth-order valence-corrected chi connectivity index (χ4v) is 4.43. The Morgan fingerprint density at radius 1 is 0.694 bits per heavy atom. The number of aryl methyl sites for hydroxylation is 1. The molecule has 0 aromatic heterocycles. The Kier molecular flexibility index (Phi) is 10.3. The number of hydrogen-bond donors (Lipinski definition) is 1. The maximum atomic E-state index is 5.72. The summed E-state index contributed by atoms with van der Waals surface area (Å²) < 4.78 is 0. The molecule has 0 bridgehead atoms. The number of benzene rings is 5. The van der Waals surface area contributed by atoms with Crippen molar-refractivity contribution in [3.8, 4) is 0 Å². The maximum Gasteiger partial charge on any atom is 0.0240 e. The van der Waals surface area contributed by atoms with Gasteiger partial charge in [-0.2, -0.15) is 0 Å². The summed E-state index contributed by atoms with van der Waals surface area (Å²) in [7, 11) is 2.16. The molecule has 0 saturated heterocycles. The van der Waals surface area contributed by atoms with Crippen LogP contribution in [0.25, 0.3) is 27.6 Å². The lowest BCUT2D eigenvalue weighted by molar-refractivity contribution is 0.365. The number of hydrogen-bond acceptors (Lipinski definition) is 2. The molecule has 0 aliphatic heterocycles. The van der Waals surface area contributed by atoms with Crippen LogP contribution in [0.2, 0.25) is 0 Å². The molecule has 5 aromatic carbocycles. The monoisotopic (exact) mass is 494 g/mol. The van der Waals surface area contributed by atoms with Crippen LogP contribution in [0.5, 0.6) is 0 Å². The first kappa shape index (κ1) is 27.2. The van der Waals surface area contributed by atoms with E-state index in [9.17, 15) is 0 Å². The number of nitrogens with zero attached hydrogens (tertiary/aromatic N) is 1. The molecule has 0 radical (unpaired) electrons. The van der Waals surface area contributed by atoms with Gasteiger partial charge in [-0.1, -0.05) is 121 Å². The summed E-state index contributed by atoms with van der Waals surface area (Å²) in [6, 6.07) is 38.2. The zero-order valence-corrected chi connectivity index (χ0v) is 21.9. The Balaban J connectivity index is 0.000000221. The highest BCUT2D eigenvalue weighted by atomic mass is 35.5. The first-order valence-corrected chi connectivity index (χ1v) is 12.2.